The van der Waals surface area contributed by atoms with E-state index in [-0.39, 0.29) is 6.04 Å². The summed E-state index contributed by atoms with van der Waals surface area (Å²) < 4.78 is 1.04. The van der Waals surface area contributed by atoms with Gasteiger partial charge >= 0.3 is 0 Å². The fourth-order valence-electron chi connectivity index (χ4n) is 2.29. The van der Waals surface area contributed by atoms with Crippen molar-refractivity contribution in [3.8, 4) is 0 Å². The lowest BCUT2D eigenvalue weighted by Gasteiger charge is -2.25. The van der Waals surface area contributed by atoms with Crippen LogP contribution in [0.4, 0.5) is 5.95 Å². The van der Waals surface area contributed by atoms with Crippen molar-refractivity contribution >= 4 is 32.8 Å². The molecule has 3 rings (SSSR count). The molecule has 4 heteroatoms. The molecule has 106 valence electrons. The van der Waals surface area contributed by atoms with E-state index in [1.54, 1.807) is 0 Å². The minimum Gasteiger partial charge on any atom is -0.337 e. The number of benzene rings is 2. The zero-order chi connectivity index (χ0) is 14.8. The van der Waals surface area contributed by atoms with Gasteiger partial charge in [-0.1, -0.05) is 46.3 Å². The molecule has 1 atom stereocenters. The van der Waals surface area contributed by atoms with Gasteiger partial charge in [-0.25, -0.2) is 9.97 Å². The van der Waals surface area contributed by atoms with Crippen LogP contribution < -0.4 is 4.90 Å². The summed E-state index contributed by atoms with van der Waals surface area (Å²) in [6.45, 7) is 2.16. The van der Waals surface area contributed by atoms with Gasteiger partial charge in [0, 0.05) is 23.1 Å². The first-order valence-corrected chi connectivity index (χ1v) is 7.64. The summed E-state index contributed by atoms with van der Waals surface area (Å²) >= 11 is 3.47. The molecular formula is C17H16BrN3. The Morgan fingerprint density at radius 3 is 2.62 bits per heavy atom. The van der Waals surface area contributed by atoms with Gasteiger partial charge in [0.2, 0.25) is 5.95 Å². The van der Waals surface area contributed by atoms with Gasteiger partial charge in [-0.3, -0.25) is 0 Å². The quantitative estimate of drug-likeness (QED) is 0.697. The van der Waals surface area contributed by atoms with E-state index in [4.69, 9.17) is 0 Å². The first-order chi connectivity index (χ1) is 10.1. The molecule has 0 fully saturated rings. The van der Waals surface area contributed by atoms with Gasteiger partial charge in [0.25, 0.3) is 0 Å². The van der Waals surface area contributed by atoms with Crippen molar-refractivity contribution in [2.75, 3.05) is 11.9 Å². The second-order valence-corrected chi connectivity index (χ2v) is 5.99. The maximum Gasteiger partial charge on any atom is 0.226 e. The van der Waals surface area contributed by atoms with Gasteiger partial charge < -0.3 is 4.90 Å². The van der Waals surface area contributed by atoms with Crippen molar-refractivity contribution in [3.05, 3.63) is 64.8 Å². The van der Waals surface area contributed by atoms with Crippen molar-refractivity contribution in [2.24, 2.45) is 0 Å². The molecule has 3 nitrogen and oxygen atoms in total. The van der Waals surface area contributed by atoms with E-state index in [9.17, 15) is 0 Å². The molecule has 1 heterocycles. The summed E-state index contributed by atoms with van der Waals surface area (Å²) in [5, 5.41) is 1.04. The molecule has 3 aromatic rings. The lowest BCUT2D eigenvalue weighted by Crippen LogP contribution is -2.23. The van der Waals surface area contributed by atoms with Crippen LogP contribution in [0.15, 0.2) is 59.2 Å². The molecule has 0 saturated carbocycles. The second kappa shape index (κ2) is 5.82. The molecular weight excluding hydrogens is 326 g/mol. The number of nitrogens with zero attached hydrogens (tertiary/aromatic N) is 3. The van der Waals surface area contributed by atoms with Crippen LogP contribution >= 0.6 is 15.9 Å². The number of halogens is 1. The Labute approximate surface area is 132 Å². The Morgan fingerprint density at radius 2 is 1.86 bits per heavy atom. The number of fused-ring (bicyclic) bond motifs is 1. The first-order valence-electron chi connectivity index (χ1n) is 6.85. The molecule has 0 spiro atoms. The number of hydrogen-bond acceptors (Lipinski definition) is 3. The summed E-state index contributed by atoms with van der Waals surface area (Å²) in [5.74, 6) is 0.737. The van der Waals surface area contributed by atoms with Crippen molar-refractivity contribution in [2.45, 2.75) is 13.0 Å². The van der Waals surface area contributed by atoms with Crippen LogP contribution in [0.25, 0.3) is 10.9 Å². The molecule has 2 aromatic carbocycles. The lowest BCUT2D eigenvalue weighted by atomic mass is 10.1. The Bertz CT molecular complexity index is 758. The first kappa shape index (κ1) is 14.0. The van der Waals surface area contributed by atoms with Crippen LogP contribution in [0.3, 0.4) is 0 Å². The van der Waals surface area contributed by atoms with Crippen molar-refractivity contribution in [3.63, 3.8) is 0 Å². The molecule has 0 radical (unpaired) electrons. The number of rotatable bonds is 3. The topological polar surface area (TPSA) is 29.0 Å². The van der Waals surface area contributed by atoms with Crippen LogP contribution in [0.5, 0.6) is 0 Å². The van der Waals surface area contributed by atoms with Crippen molar-refractivity contribution in [1.82, 2.24) is 9.97 Å². The highest BCUT2D eigenvalue weighted by Crippen LogP contribution is 2.24. The zero-order valence-corrected chi connectivity index (χ0v) is 13.6. The molecule has 21 heavy (non-hydrogen) atoms. The molecule has 0 unspecified atom stereocenters. The van der Waals surface area contributed by atoms with Gasteiger partial charge in [-0.2, -0.15) is 0 Å². The normalized spacial score (nSPS) is 12.3. The summed E-state index contributed by atoms with van der Waals surface area (Å²) in [4.78, 5) is 11.2. The minimum absolute atomic E-state index is 0.221. The Morgan fingerprint density at radius 1 is 1.10 bits per heavy atom. The molecule has 0 N–H and O–H groups in total. The molecule has 0 aliphatic heterocycles. The summed E-state index contributed by atoms with van der Waals surface area (Å²) in [5.41, 5.74) is 2.20. The van der Waals surface area contributed by atoms with Gasteiger partial charge in [0.15, 0.2) is 0 Å². The third-order valence-electron chi connectivity index (χ3n) is 3.71. The van der Waals surface area contributed by atoms with E-state index in [0.717, 1.165) is 21.3 Å². The fraction of sp³-hybridized carbons (Fsp3) is 0.176. The van der Waals surface area contributed by atoms with Crippen LogP contribution in [-0.2, 0) is 0 Å². The van der Waals surface area contributed by atoms with Gasteiger partial charge in [-0.05, 0) is 30.7 Å². The van der Waals surface area contributed by atoms with Crippen molar-refractivity contribution < 1.29 is 0 Å². The average molecular weight is 342 g/mol. The van der Waals surface area contributed by atoms with Crippen LogP contribution in [0.1, 0.15) is 18.5 Å². The molecule has 1 aromatic heterocycles. The van der Waals surface area contributed by atoms with Crippen LogP contribution in [0, 0.1) is 0 Å². The standard InChI is InChI=1S/C17H16BrN3/c1-12(13-6-4-3-5-7-13)21(2)17-19-11-14-10-15(18)8-9-16(14)20-17/h3-12H,1-2H3/t12-/m1/s1. The van der Waals surface area contributed by atoms with E-state index in [0.29, 0.717) is 0 Å². The van der Waals surface area contributed by atoms with E-state index in [1.165, 1.54) is 5.56 Å². The maximum atomic E-state index is 4.66. The lowest BCUT2D eigenvalue weighted by molar-refractivity contribution is 0.717. The molecule has 0 amide bonds. The summed E-state index contributed by atoms with van der Waals surface area (Å²) in [6.07, 6.45) is 1.87. The fourth-order valence-corrected chi connectivity index (χ4v) is 2.67. The Balaban J connectivity index is 1.94. The van der Waals surface area contributed by atoms with Crippen LogP contribution in [-0.4, -0.2) is 17.0 Å². The number of hydrogen-bond donors (Lipinski definition) is 0. The summed E-state index contributed by atoms with van der Waals surface area (Å²) in [7, 11) is 2.03. The van der Waals surface area contributed by atoms with Crippen LogP contribution in [0.2, 0.25) is 0 Å². The number of aromatic nitrogens is 2. The third-order valence-corrected chi connectivity index (χ3v) is 4.20. The SMILES string of the molecule is C[C@H](c1ccccc1)N(C)c1ncc2cc(Br)ccc2n1. The van der Waals surface area contributed by atoms with Gasteiger partial charge in [0.05, 0.1) is 11.6 Å². The Kier molecular flexibility index (Phi) is 3.88. The highest BCUT2D eigenvalue weighted by molar-refractivity contribution is 9.10. The zero-order valence-electron chi connectivity index (χ0n) is 12.0. The second-order valence-electron chi connectivity index (χ2n) is 5.07. The average Bonchev–Trinajstić information content (AvgIpc) is 2.53. The third kappa shape index (κ3) is 2.90. The molecule has 0 aliphatic carbocycles. The smallest absolute Gasteiger partial charge is 0.226 e. The predicted octanol–water partition coefficient (Wildman–Crippen LogP) is 4.59. The molecule has 0 saturated heterocycles. The number of anilines is 1. The van der Waals surface area contributed by atoms with Gasteiger partial charge in [-0.15, -0.1) is 0 Å². The summed E-state index contributed by atoms with van der Waals surface area (Å²) in [6, 6.07) is 16.6. The maximum absolute atomic E-state index is 4.66. The van der Waals surface area contributed by atoms with E-state index in [1.807, 2.05) is 37.5 Å². The minimum atomic E-state index is 0.221. The van der Waals surface area contributed by atoms with E-state index >= 15 is 0 Å². The largest absolute Gasteiger partial charge is 0.337 e. The molecule has 0 aliphatic rings. The highest BCUT2D eigenvalue weighted by atomic mass is 79.9. The van der Waals surface area contributed by atoms with Gasteiger partial charge in [0.1, 0.15) is 0 Å². The predicted molar refractivity (Wildman–Crippen MR) is 90.5 cm³/mol. The monoisotopic (exact) mass is 341 g/mol. The van der Waals surface area contributed by atoms with Crippen molar-refractivity contribution in [1.29, 1.82) is 0 Å². The Hall–Kier alpha value is -1.94. The van der Waals surface area contributed by atoms with E-state index in [2.05, 4.69) is 62.0 Å². The highest BCUT2D eigenvalue weighted by Gasteiger charge is 2.14. The van der Waals surface area contributed by atoms with E-state index < -0.39 is 0 Å². The molecule has 0 bridgehead atoms.